The Bertz CT molecular complexity index is 934. The van der Waals surface area contributed by atoms with E-state index in [9.17, 15) is 13.2 Å². The highest BCUT2D eigenvalue weighted by Gasteiger charge is 2.33. The van der Waals surface area contributed by atoms with Crippen molar-refractivity contribution in [2.75, 3.05) is 25.4 Å². The van der Waals surface area contributed by atoms with Crippen molar-refractivity contribution in [2.24, 2.45) is 4.40 Å². The summed E-state index contributed by atoms with van der Waals surface area (Å²) in [7, 11) is -3.56. The van der Waals surface area contributed by atoms with Gasteiger partial charge in [-0.1, -0.05) is 6.07 Å². The second-order valence-electron chi connectivity index (χ2n) is 7.00. The summed E-state index contributed by atoms with van der Waals surface area (Å²) >= 11 is 0. The molecular weight excluding hydrogens is 380 g/mol. The topological polar surface area (TPSA) is 92.2 Å². The molecule has 148 valence electrons. The number of carbonyl (C=O) groups is 1. The van der Waals surface area contributed by atoms with Gasteiger partial charge in [0.15, 0.2) is 5.84 Å². The Morgan fingerprint density at radius 1 is 1.39 bits per heavy atom. The van der Waals surface area contributed by atoms with Crippen molar-refractivity contribution >= 4 is 21.8 Å². The van der Waals surface area contributed by atoms with Gasteiger partial charge in [0, 0.05) is 44.8 Å². The van der Waals surface area contributed by atoms with Gasteiger partial charge in [0.05, 0.1) is 17.4 Å². The minimum atomic E-state index is -3.56. The van der Waals surface area contributed by atoms with E-state index in [-0.39, 0.29) is 35.7 Å². The summed E-state index contributed by atoms with van der Waals surface area (Å²) in [5.74, 6) is -0.121. The first-order valence-electron chi connectivity index (χ1n) is 9.30. The summed E-state index contributed by atoms with van der Waals surface area (Å²) in [6.07, 6.45) is 10.4. The first-order valence-corrected chi connectivity index (χ1v) is 10.9. The SMILES string of the molecule is O=C(C1=CC=CN2CCS(=O)(=O)N=C12)N(Cc1cccnc1)CC1CCCO1. The number of rotatable bonds is 5. The van der Waals surface area contributed by atoms with Gasteiger partial charge in [0.25, 0.3) is 15.9 Å². The maximum atomic E-state index is 13.4. The van der Waals surface area contributed by atoms with Crippen molar-refractivity contribution in [1.82, 2.24) is 14.8 Å². The number of sulfonamides is 1. The summed E-state index contributed by atoms with van der Waals surface area (Å²) in [4.78, 5) is 20.9. The van der Waals surface area contributed by atoms with E-state index < -0.39 is 10.0 Å². The Balaban J connectivity index is 1.62. The third-order valence-electron chi connectivity index (χ3n) is 4.92. The molecular formula is C19H22N4O4S. The number of amidine groups is 1. The lowest BCUT2D eigenvalue weighted by Crippen LogP contribution is -2.45. The quantitative estimate of drug-likeness (QED) is 0.732. The standard InChI is InChI=1S/C19H22N4O4S/c24-19(17-6-2-8-22-9-11-28(25,26)21-18(17)22)23(14-16-5-3-10-27-16)13-15-4-1-7-20-12-15/h1-2,4,6-8,12,16H,3,5,9-11,13-14H2. The van der Waals surface area contributed by atoms with E-state index in [1.807, 2.05) is 12.1 Å². The number of amides is 1. The third-order valence-corrected chi connectivity index (χ3v) is 6.07. The van der Waals surface area contributed by atoms with E-state index in [4.69, 9.17) is 4.74 Å². The maximum absolute atomic E-state index is 13.4. The molecule has 1 atom stereocenters. The zero-order valence-electron chi connectivity index (χ0n) is 15.4. The van der Waals surface area contributed by atoms with Crippen LogP contribution in [0.2, 0.25) is 0 Å². The fourth-order valence-corrected chi connectivity index (χ4v) is 4.50. The van der Waals surface area contributed by atoms with Crippen molar-refractivity contribution in [2.45, 2.75) is 25.5 Å². The van der Waals surface area contributed by atoms with Crippen molar-refractivity contribution < 1.29 is 17.9 Å². The zero-order valence-corrected chi connectivity index (χ0v) is 16.2. The lowest BCUT2D eigenvalue weighted by molar-refractivity contribution is -0.128. The van der Waals surface area contributed by atoms with Crippen molar-refractivity contribution in [3.05, 3.63) is 54.0 Å². The molecule has 0 aliphatic carbocycles. The predicted octanol–water partition coefficient (Wildman–Crippen LogP) is 1.09. The molecule has 4 heterocycles. The third kappa shape index (κ3) is 4.15. The number of fused-ring (bicyclic) bond motifs is 1. The fraction of sp³-hybridized carbons (Fsp3) is 0.421. The monoisotopic (exact) mass is 402 g/mol. The van der Waals surface area contributed by atoms with Crippen LogP contribution < -0.4 is 0 Å². The van der Waals surface area contributed by atoms with Crippen LogP contribution in [0.5, 0.6) is 0 Å². The Kier molecular flexibility index (Phi) is 5.27. The Hall–Kier alpha value is -2.52. The lowest BCUT2D eigenvalue weighted by atomic mass is 10.1. The van der Waals surface area contributed by atoms with Crippen LogP contribution >= 0.6 is 0 Å². The highest BCUT2D eigenvalue weighted by atomic mass is 32.2. The van der Waals surface area contributed by atoms with Crippen molar-refractivity contribution in [1.29, 1.82) is 0 Å². The fourth-order valence-electron chi connectivity index (χ4n) is 3.52. The van der Waals surface area contributed by atoms with Crippen LogP contribution in [0.1, 0.15) is 18.4 Å². The van der Waals surface area contributed by atoms with Crippen molar-refractivity contribution in [3.63, 3.8) is 0 Å². The Labute approximate surface area is 164 Å². The number of ether oxygens (including phenoxy) is 1. The van der Waals surface area contributed by atoms with Crippen LogP contribution in [0.15, 0.2) is 52.8 Å². The second kappa shape index (κ2) is 7.84. The summed E-state index contributed by atoms with van der Waals surface area (Å²) in [6.45, 7) is 1.79. The molecule has 1 unspecified atom stereocenters. The number of carbonyl (C=O) groups excluding carboxylic acids is 1. The Morgan fingerprint density at radius 3 is 3.04 bits per heavy atom. The molecule has 0 bridgehead atoms. The van der Waals surface area contributed by atoms with Gasteiger partial charge in [0.2, 0.25) is 0 Å². The number of hydrogen-bond donors (Lipinski definition) is 0. The van der Waals surface area contributed by atoms with Gasteiger partial charge in [0.1, 0.15) is 0 Å². The molecule has 9 heteroatoms. The molecule has 0 saturated carbocycles. The summed E-state index contributed by atoms with van der Waals surface area (Å²) in [5, 5.41) is 0. The average Bonchev–Trinajstić information content (AvgIpc) is 3.20. The molecule has 1 saturated heterocycles. The highest BCUT2D eigenvalue weighted by molar-refractivity contribution is 7.90. The van der Waals surface area contributed by atoms with Crippen LogP contribution in [0.4, 0.5) is 0 Å². The molecule has 1 aromatic rings. The van der Waals surface area contributed by atoms with Gasteiger partial charge in [-0.3, -0.25) is 9.78 Å². The number of nitrogens with zero attached hydrogens (tertiary/aromatic N) is 4. The van der Waals surface area contributed by atoms with Crippen LogP contribution in [0, 0.1) is 0 Å². The number of hydrogen-bond acceptors (Lipinski definition) is 6. The van der Waals surface area contributed by atoms with E-state index in [1.165, 1.54) is 0 Å². The van der Waals surface area contributed by atoms with Crippen LogP contribution in [-0.4, -0.2) is 66.5 Å². The predicted molar refractivity (Wildman–Crippen MR) is 104 cm³/mol. The molecule has 1 fully saturated rings. The molecule has 28 heavy (non-hydrogen) atoms. The van der Waals surface area contributed by atoms with E-state index in [2.05, 4.69) is 9.38 Å². The second-order valence-corrected chi connectivity index (χ2v) is 8.75. The van der Waals surface area contributed by atoms with Gasteiger partial charge in [-0.2, -0.15) is 0 Å². The van der Waals surface area contributed by atoms with Gasteiger partial charge < -0.3 is 14.5 Å². The first kappa shape index (κ1) is 18.8. The molecule has 3 aliphatic heterocycles. The van der Waals surface area contributed by atoms with Crippen molar-refractivity contribution in [3.8, 4) is 0 Å². The van der Waals surface area contributed by atoms with Gasteiger partial charge in [-0.15, -0.1) is 4.40 Å². The lowest BCUT2D eigenvalue weighted by Gasteiger charge is -2.32. The van der Waals surface area contributed by atoms with Crippen LogP contribution in [0.25, 0.3) is 0 Å². The van der Waals surface area contributed by atoms with E-state index in [0.29, 0.717) is 19.7 Å². The Morgan fingerprint density at radius 2 is 2.29 bits per heavy atom. The molecule has 1 amide bonds. The van der Waals surface area contributed by atoms with Crippen LogP contribution in [-0.2, 0) is 26.1 Å². The largest absolute Gasteiger partial charge is 0.376 e. The number of pyridine rings is 1. The average molecular weight is 402 g/mol. The summed E-state index contributed by atoms with van der Waals surface area (Å²) in [6, 6.07) is 3.74. The zero-order chi connectivity index (χ0) is 19.6. The summed E-state index contributed by atoms with van der Waals surface area (Å²) < 4.78 is 33.6. The molecule has 4 rings (SSSR count). The van der Waals surface area contributed by atoms with E-state index in [1.54, 1.807) is 40.5 Å². The van der Waals surface area contributed by atoms with Gasteiger partial charge in [-0.25, -0.2) is 8.42 Å². The van der Waals surface area contributed by atoms with Gasteiger partial charge in [-0.05, 0) is 36.6 Å². The number of aromatic nitrogens is 1. The maximum Gasteiger partial charge on any atom is 0.258 e. The molecule has 0 N–H and O–H groups in total. The van der Waals surface area contributed by atoms with Crippen LogP contribution in [0.3, 0.4) is 0 Å². The van der Waals surface area contributed by atoms with E-state index in [0.717, 1.165) is 18.4 Å². The molecule has 8 nitrogen and oxygen atoms in total. The molecule has 3 aliphatic rings. The number of allylic oxidation sites excluding steroid dienone is 2. The minimum Gasteiger partial charge on any atom is -0.376 e. The van der Waals surface area contributed by atoms with E-state index >= 15 is 0 Å². The molecule has 0 radical (unpaired) electrons. The molecule has 0 aromatic carbocycles. The normalized spacial score (nSPS) is 23.0. The first-order chi connectivity index (χ1) is 13.5. The highest BCUT2D eigenvalue weighted by Crippen LogP contribution is 2.22. The van der Waals surface area contributed by atoms with Gasteiger partial charge >= 0.3 is 0 Å². The molecule has 1 aromatic heterocycles. The smallest absolute Gasteiger partial charge is 0.258 e. The minimum absolute atomic E-state index is 0.0199. The summed E-state index contributed by atoms with van der Waals surface area (Å²) in [5.41, 5.74) is 1.18. The molecule has 0 spiro atoms.